The van der Waals surface area contributed by atoms with Gasteiger partial charge < -0.3 is 5.32 Å². The van der Waals surface area contributed by atoms with Gasteiger partial charge in [-0.25, -0.2) is 9.50 Å². The lowest BCUT2D eigenvalue weighted by atomic mass is 9.93. The molecule has 6 nitrogen and oxygen atoms in total. The van der Waals surface area contributed by atoms with Gasteiger partial charge in [0.25, 0.3) is 5.91 Å². The minimum atomic E-state index is -0.180. The topological polar surface area (TPSA) is 72.2 Å². The number of carbonyl (C=O) groups excluding carboxylic acids is 1. The number of pyridine rings is 1. The molecule has 0 radical (unpaired) electrons. The minimum Gasteiger partial charge on any atom is -0.350 e. The molecule has 1 amide bonds. The van der Waals surface area contributed by atoms with Gasteiger partial charge in [0.15, 0.2) is 5.65 Å². The molecule has 6 heteroatoms. The van der Waals surface area contributed by atoms with Crippen molar-refractivity contribution >= 4 is 11.6 Å². The van der Waals surface area contributed by atoms with Crippen LogP contribution < -0.4 is 5.32 Å². The molecular weight excluding hydrogens is 386 g/mol. The van der Waals surface area contributed by atoms with E-state index in [2.05, 4.69) is 31.1 Å². The van der Waals surface area contributed by atoms with Crippen molar-refractivity contribution in [3.8, 4) is 11.3 Å². The highest BCUT2D eigenvalue weighted by Gasteiger charge is 2.22. The van der Waals surface area contributed by atoms with E-state index in [0.29, 0.717) is 24.3 Å². The number of carbonyl (C=O) groups is 1. The summed E-state index contributed by atoms with van der Waals surface area (Å²) < 4.78 is 1.65. The maximum absolute atomic E-state index is 13.1. The zero-order chi connectivity index (χ0) is 22.0. The first-order valence-electron chi connectivity index (χ1n) is 10.5. The van der Waals surface area contributed by atoms with E-state index in [4.69, 9.17) is 10.1 Å². The Hall–Kier alpha value is -3.54. The number of benzene rings is 1. The van der Waals surface area contributed by atoms with Crippen molar-refractivity contribution in [2.24, 2.45) is 0 Å². The molecule has 3 heterocycles. The van der Waals surface area contributed by atoms with Crippen LogP contribution in [0.25, 0.3) is 16.9 Å². The molecule has 0 saturated heterocycles. The molecule has 0 aliphatic rings. The Bertz CT molecular complexity index is 1200. The smallest absolute Gasteiger partial charge is 0.270 e. The van der Waals surface area contributed by atoms with Crippen molar-refractivity contribution in [2.75, 3.05) is 6.54 Å². The SMILES string of the molecule is Cc1ccc(-c2cc(C(=O)NCCc3ccccn3)n3nc(C(C)(C)C)cc3n2)cc1. The third-order valence-electron chi connectivity index (χ3n) is 5.17. The van der Waals surface area contributed by atoms with Crippen LogP contribution in [0.2, 0.25) is 0 Å². The quantitative estimate of drug-likeness (QED) is 0.527. The van der Waals surface area contributed by atoms with E-state index in [0.717, 1.165) is 22.6 Å². The summed E-state index contributed by atoms with van der Waals surface area (Å²) in [6, 6.07) is 17.7. The summed E-state index contributed by atoms with van der Waals surface area (Å²) in [6.45, 7) is 8.84. The van der Waals surface area contributed by atoms with Gasteiger partial charge in [-0.1, -0.05) is 56.7 Å². The van der Waals surface area contributed by atoms with Gasteiger partial charge in [-0.2, -0.15) is 5.10 Å². The number of hydrogen-bond acceptors (Lipinski definition) is 4. The molecule has 31 heavy (non-hydrogen) atoms. The summed E-state index contributed by atoms with van der Waals surface area (Å²) in [6.07, 6.45) is 2.42. The maximum Gasteiger partial charge on any atom is 0.270 e. The van der Waals surface area contributed by atoms with Crippen LogP contribution in [0.4, 0.5) is 0 Å². The van der Waals surface area contributed by atoms with Gasteiger partial charge in [0.2, 0.25) is 0 Å². The molecular formula is C25H27N5O. The Morgan fingerprint density at radius 3 is 2.52 bits per heavy atom. The van der Waals surface area contributed by atoms with Crippen LogP contribution in [0.1, 0.15) is 48.2 Å². The Kier molecular flexibility index (Phi) is 5.55. The largest absolute Gasteiger partial charge is 0.350 e. The highest BCUT2D eigenvalue weighted by Crippen LogP contribution is 2.25. The highest BCUT2D eigenvalue weighted by atomic mass is 16.2. The summed E-state index contributed by atoms with van der Waals surface area (Å²) >= 11 is 0. The zero-order valence-electron chi connectivity index (χ0n) is 18.4. The van der Waals surface area contributed by atoms with Crippen LogP contribution >= 0.6 is 0 Å². The highest BCUT2D eigenvalue weighted by molar-refractivity contribution is 5.94. The molecule has 0 fully saturated rings. The molecule has 158 valence electrons. The third kappa shape index (κ3) is 4.63. The van der Waals surface area contributed by atoms with Crippen LogP contribution in [-0.4, -0.2) is 32.0 Å². The second-order valence-corrected chi connectivity index (χ2v) is 8.77. The van der Waals surface area contributed by atoms with Crippen LogP contribution in [0.15, 0.2) is 60.8 Å². The second-order valence-electron chi connectivity index (χ2n) is 8.77. The first kappa shape index (κ1) is 20.7. The second kappa shape index (κ2) is 8.30. The van der Waals surface area contributed by atoms with E-state index >= 15 is 0 Å². The van der Waals surface area contributed by atoms with Gasteiger partial charge in [-0.15, -0.1) is 0 Å². The lowest BCUT2D eigenvalue weighted by molar-refractivity contribution is 0.0946. The van der Waals surface area contributed by atoms with Crippen LogP contribution in [0.5, 0.6) is 0 Å². The molecule has 0 unspecified atom stereocenters. The summed E-state index contributed by atoms with van der Waals surface area (Å²) in [5.41, 5.74) is 5.72. The van der Waals surface area contributed by atoms with Crippen molar-refractivity contribution in [3.05, 3.63) is 83.4 Å². The molecule has 1 aromatic carbocycles. The fourth-order valence-electron chi connectivity index (χ4n) is 3.32. The minimum absolute atomic E-state index is 0.148. The van der Waals surface area contributed by atoms with Crippen LogP contribution in [0.3, 0.4) is 0 Å². The molecule has 0 spiro atoms. The normalized spacial score (nSPS) is 11.6. The summed E-state index contributed by atoms with van der Waals surface area (Å²) in [5, 5.41) is 7.71. The van der Waals surface area contributed by atoms with Crippen molar-refractivity contribution < 1.29 is 4.79 Å². The standard InChI is InChI=1S/C25H27N5O/c1-17-8-10-18(11-9-17)20-15-21(24(31)27-14-12-19-7-5-6-13-26-19)30-23(28-20)16-22(29-30)25(2,3)4/h5-11,13,15-16H,12,14H2,1-4H3,(H,27,31). The average Bonchev–Trinajstić information content (AvgIpc) is 3.19. The summed E-state index contributed by atoms with van der Waals surface area (Å²) in [4.78, 5) is 22.2. The number of aryl methyl sites for hydroxylation is 1. The number of rotatable bonds is 5. The Morgan fingerprint density at radius 1 is 1.06 bits per heavy atom. The van der Waals surface area contributed by atoms with E-state index in [9.17, 15) is 4.79 Å². The van der Waals surface area contributed by atoms with Crippen molar-refractivity contribution in [3.63, 3.8) is 0 Å². The number of nitrogens with zero attached hydrogens (tertiary/aromatic N) is 4. The van der Waals surface area contributed by atoms with Gasteiger partial charge in [-0.05, 0) is 25.1 Å². The number of hydrogen-bond donors (Lipinski definition) is 1. The van der Waals surface area contributed by atoms with Gasteiger partial charge in [0.05, 0.1) is 11.4 Å². The van der Waals surface area contributed by atoms with Crippen molar-refractivity contribution in [2.45, 2.75) is 39.5 Å². The Morgan fingerprint density at radius 2 is 1.84 bits per heavy atom. The van der Waals surface area contributed by atoms with E-state index < -0.39 is 0 Å². The molecule has 0 aliphatic carbocycles. The van der Waals surface area contributed by atoms with Crippen LogP contribution in [-0.2, 0) is 11.8 Å². The fourth-order valence-corrected chi connectivity index (χ4v) is 3.32. The van der Waals surface area contributed by atoms with Gasteiger partial charge in [-0.3, -0.25) is 9.78 Å². The molecule has 4 rings (SSSR count). The van der Waals surface area contributed by atoms with Crippen molar-refractivity contribution in [1.82, 2.24) is 24.9 Å². The maximum atomic E-state index is 13.1. The average molecular weight is 414 g/mol. The summed E-state index contributed by atoms with van der Waals surface area (Å²) in [5.74, 6) is -0.180. The monoisotopic (exact) mass is 413 g/mol. The van der Waals surface area contributed by atoms with E-state index in [1.54, 1.807) is 10.7 Å². The molecule has 0 bridgehead atoms. The predicted molar refractivity (Wildman–Crippen MR) is 122 cm³/mol. The summed E-state index contributed by atoms with van der Waals surface area (Å²) in [7, 11) is 0. The molecule has 4 aromatic rings. The predicted octanol–water partition coefficient (Wildman–Crippen LogP) is 4.37. The molecule has 0 aliphatic heterocycles. The lowest BCUT2D eigenvalue weighted by Gasteiger charge is -2.13. The number of amides is 1. The van der Waals surface area contributed by atoms with E-state index in [-0.39, 0.29) is 11.3 Å². The zero-order valence-corrected chi connectivity index (χ0v) is 18.4. The van der Waals surface area contributed by atoms with Crippen molar-refractivity contribution in [1.29, 1.82) is 0 Å². The molecule has 0 saturated carbocycles. The van der Waals surface area contributed by atoms with Gasteiger partial charge in [0.1, 0.15) is 5.69 Å². The first-order valence-corrected chi connectivity index (χ1v) is 10.5. The van der Waals surface area contributed by atoms with Crippen LogP contribution in [0, 0.1) is 6.92 Å². The molecule has 1 N–H and O–H groups in total. The van der Waals surface area contributed by atoms with Gasteiger partial charge in [0, 0.05) is 41.9 Å². The Labute approximate surface area is 182 Å². The number of aromatic nitrogens is 4. The molecule has 3 aromatic heterocycles. The number of fused-ring (bicyclic) bond motifs is 1. The van der Waals surface area contributed by atoms with E-state index in [1.165, 1.54) is 5.56 Å². The number of nitrogens with one attached hydrogen (secondary N) is 1. The Balaban J connectivity index is 1.69. The molecule has 0 atom stereocenters. The lowest BCUT2D eigenvalue weighted by Crippen LogP contribution is -2.28. The fraction of sp³-hybridized carbons (Fsp3) is 0.280. The third-order valence-corrected chi connectivity index (χ3v) is 5.17. The van der Waals surface area contributed by atoms with Gasteiger partial charge >= 0.3 is 0 Å². The van der Waals surface area contributed by atoms with E-state index in [1.807, 2.05) is 61.5 Å². The first-order chi connectivity index (χ1) is 14.8.